The first-order valence-electron chi connectivity index (χ1n) is 7.59. The van der Waals surface area contributed by atoms with Crippen molar-refractivity contribution in [3.63, 3.8) is 0 Å². The van der Waals surface area contributed by atoms with Crippen LogP contribution in [0.25, 0.3) is 15.5 Å². The molecule has 0 unspecified atom stereocenters. The molecule has 1 amide bonds. The van der Waals surface area contributed by atoms with Gasteiger partial charge < -0.3 is 15.0 Å². The molecule has 0 atom stereocenters. The molecule has 2 aromatic rings. The zero-order valence-corrected chi connectivity index (χ0v) is 15.7. The van der Waals surface area contributed by atoms with Crippen molar-refractivity contribution in [1.82, 2.24) is 5.32 Å². The number of carbonyl (C=O) groups excluding carboxylic acids is 1. The van der Waals surface area contributed by atoms with Gasteiger partial charge in [0.2, 0.25) is 0 Å². The average molecular weight is 374 g/mol. The van der Waals surface area contributed by atoms with Crippen LogP contribution in [0.4, 0.5) is 5.00 Å². The molecule has 0 saturated heterocycles. The average Bonchev–Trinajstić information content (AvgIpc) is 3.16. The molecule has 0 aliphatic carbocycles. The minimum atomic E-state index is -0.395. The Kier molecular flexibility index (Phi) is 6.96. The maximum atomic E-state index is 12.0. The fourth-order valence-electron chi connectivity index (χ4n) is 2.08. The highest BCUT2D eigenvalue weighted by molar-refractivity contribution is 7.30. The van der Waals surface area contributed by atoms with E-state index in [2.05, 4.69) is 22.4 Å². The second-order valence-corrected chi connectivity index (χ2v) is 7.39. The predicted octanol–water partition coefficient (Wildman–Crippen LogP) is 2.98. The first kappa shape index (κ1) is 18.9. The number of hydrogen-bond acceptors (Lipinski definition) is 7. The highest BCUT2D eigenvalue weighted by Gasteiger charge is 2.12. The van der Waals surface area contributed by atoms with Crippen molar-refractivity contribution in [2.24, 2.45) is 0 Å². The highest BCUT2D eigenvalue weighted by atomic mass is 32.1. The molecule has 130 valence electrons. The Morgan fingerprint density at radius 3 is 2.76 bits per heavy atom. The number of anilines is 1. The summed E-state index contributed by atoms with van der Waals surface area (Å²) >= 11 is 3.17. The van der Waals surface area contributed by atoms with Crippen LogP contribution in [0, 0.1) is 22.7 Å². The number of hydrogen-bond donors (Lipinski definition) is 1. The molecule has 0 bridgehead atoms. The Morgan fingerprint density at radius 2 is 2.12 bits per heavy atom. The molecule has 0 fully saturated rings. The number of fused-ring (bicyclic) bond motifs is 1. The van der Waals surface area contributed by atoms with Crippen LogP contribution in [0.2, 0.25) is 0 Å². The third-order valence-electron chi connectivity index (χ3n) is 3.39. The smallest absolute Gasteiger partial charge is 0.262 e. The van der Waals surface area contributed by atoms with Crippen LogP contribution < -0.4 is 10.2 Å². The van der Waals surface area contributed by atoms with E-state index in [1.54, 1.807) is 24.5 Å². The molecular weight excluding hydrogens is 356 g/mol. The van der Waals surface area contributed by atoms with Crippen LogP contribution in [-0.4, -0.2) is 39.8 Å². The van der Waals surface area contributed by atoms with E-state index < -0.39 is 5.91 Å². The molecule has 0 spiro atoms. The summed E-state index contributed by atoms with van der Waals surface area (Å²) < 4.78 is 7.08. The van der Waals surface area contributed by atoms with E-state index in [0.717, 1.165) is 19.3 Å². The van der Waals surface area contributed by atoms with Gasteiger partial charge in [-0.15, -0.1) is 22.7 Å². The molecule has 8 heteroatoms. The molecule has 2 aromatic heterocycles. The summed E-state index contributed by atoms with van der Waals surface area (Å²) in [5, 5.41) is 21.6. The number of methoxy groups -OCH3 is 1. The lowest BCUT2D eigenvalue weighted by Gasteiger charge is -2.14. The van der Waals surface area contributed by atoms with E-state index in [9.17, 15) is 10.1 Å². The summed E-state index contributed by atoms with van der Waals surface area (Å²) in [6.45, 7) is 1.46. The number of amides is 1. The largest absolute Gasteiger partial charge is 0.383 e. The molecular formula is C17H18N4O2S2. The number of nitriles is 2. The minimum Gasteiger partial charge on any atom is -0.383 e. The summed E-state index contributed by atoms with van der Waals surface area (Å²) in [7, 11) is 3.52. The third-order valence-corrected chi connectivity index (χ3v) is 5.75. The second-order valence-electron chi connectivity index (χ2n) is 5.21. The third kappa shape index (κ3) is 5.04. The first-order chi connectivity index (χ1) is 12.1. The summed E-state index contributed by atoms with van der Waals surface area (Å²) in [5.74, 6) is -0.395. The second kappa shape index (κ2) is 9.19. The van der Waals surface area contributed by atoms with Gasteiger partial charge in [0, 0.05) is 41.5 Å². The lowest BCUT2D eigenvalue weighted by atomic mass is 10.2. The van der Waals surface area contributed by atoms with Gasteiger partial charge >= 0.3 is 0 Å². The molecule has 2 heterocycles. The van der Waals surface area contributed by atoms with Gasteiger partial charge in [-0.25, -0.2) is 0 Å². The topological polar surface area (TPSA) is 89.2 Å². The SMILES string of the molecule is COCCNC(=O)/C(C#N)=C/c1cc2sc(N(C)CCC#N)cc2s1. The summed E-state index contributed by atoms with van der Waals surface area (Å²) in [6.07, 6.45) is 2.10. The van der Waals surface area contributed by atoms with E-state index in [1.807, 2.05) is 19.2 Å². The van der Waals surface area contributed by atoms with Crippen molar-refractivity contribution in [3.8, 4) is 12.1 Å². The van der Waals surface area contributed by atoms with Crippen molar-refractivity contribution >= 4 is 49.1 Å². The van der Waals surface area contributed by atoms with Crippen molar-refractivity contribution in [3.05, 3.63) is 22.6 Å². The van der Waals surface area contributed by atoms with Crippen LogP contribution in [0.1, 0.15) is 11.3 Å². The number of carbonyl (C=O) groups is 1. The molecule has 0 saturated carbocycles. The Balaban J connectivity index is 2.13. The molecule has 0 aliphatic rings. The Labute approximate surface area is 154 Å². The highest BCUT2D eigenvalue weighted by Crippen LogP contribution is 2.38. The first-order valence-corrected chi connectivity index (χ1v) is 9.22. The van der Waals surface area contributed by atoms with Crippen LogP contribution >= 0.6 is 22.7 Å². The lowest BCUT2D eigenvalue weighted by molar-refractivity contribution is -0.117. The van der Waals surface area contributed by atoms with Gasteiger partial charge in [-0.05, 0) is 18.2 Å². The standard InChI is InChI=1S/C17H18N4O2S2/c1-21(6-3-4-18)16-10-15-14(25-16)9-13(24-15)8-12(11-19)17(22)20-5-7-23-2/h8-10H,3,5-7H2,1-2H3,(H,20,22)/b12-8+. The van der Waals surface area contributed by atoms with Gasteiger partial charge in [-0.1, -0.05) is 0 Å². The summed E-state index contributed by atoms with van der Waals surface area (Å²) in [5.41, 5.74) is 0.0800. The van der Waals surface area contributed by atoms with Crippen LogP contribution in [-0.2, 0) is 9.53 Å². The summed E-state index contributed by atoms with van der Waals surface area (Å²) in [4.78, 5) is 14.9. The van der Waals surface area contributed by atoms with E-state index in [0.29, 0.717) is 26.1 Å². The Bertz CT molecular complexity index is 823. The molecule has 0 aromatic carbocycles. The zero-order chi connectivity index (χ0) is 18.2. The zero-order valence-electron chi connectivity index (χ0n) is 14.0. The van der Waals surface area contributed by atoms with E-state index in [1.165, 1.54) is 11.3 Å². The van der Waals surface area contributed by atoms with E-state index >= 15 is 0 Å². The summed E-state index contributed by atoms with van der Waals surface area (Å²) in [6, 6.07) is 8.14. The minimum absolute atomic E-state index is 0.0800. The van der Waals surface area contributed by atoms with E-state index in [4.69, 9.17) is 10.00 Å². The number of rotatable bonds is 8. The van der Waals surface area contributed by atoms with Crippen molar-refractivity contribution in [2.45, 2.75) is 6.42 Å². The van der Waals surface area contributed by atoms with Crippen LogP contribution in [0.3, 0.4) is 0 Å². The number of thiophene rings is 2. The fourth-order valence-corrected chi connectivity index (χ4v) is 4.41. The number of ether oxygens (including phenoxy) is 1. The maximum absolute atomic E-state index is 12.0. The van der Waals surface area contributed by atoms with Gasteiger partial charge in [-0.3, -0.25) is 4.79 Å². The number of nitrogens with one attached hydrogen (secondary N) is 1. The van der Waals surface area contributed by atoms with Crippen LogP contribution in [0.5, 0.6) is 0 Å². The van der Waals surface area contributed by atoms with Crippen molar-refractivity contribution < 1.29 is 9.53 Å². The molecule has 2 rings (SSSR count). The van der Waals surface area contributed by atoms with E-state index in [-0.39, 0.29) is 5.57 Å². The number of nitrogens with zero attached hydrogens (tertiary/aromatic N) is 3. The normalized spacial score (nSPS) is 11.1. The van der Waals surface area contributed by atoms with Gasteiger partial charge in [0.25, 0.3) is 5.91 Å². The maximum Gasteiger partial charge on any atom is 0.262 e. The lowest BCUT2D eigenvalue weighted by Crippen LogP contribution is -2.27. The molecule has 0 aliphatic heterocycles. The van der Waals surface area contributed by atoms with Crippen LogP contribution in [0.15, 0.2) is 17.7 Å². The Morgan fingerprint density at radius 1 is 1.36 bits per heavy atom. The Hall–Kier alpha value is -2.39. The van der Waals surface area contributed by atoms with Gasteiger partial charge in [0.1, 0.15) is 11.6 Å². The monoisotopic (exact) mass is 374 g/mol. The van der Waals surface area contributed by atoms with Gasteiger partial charge in [-0.2, -0.15) is 10.5 Å². The van der Waals surface area contributed by atoms with Crippen molar-refractivity contribution in [2.75, 3.05) is 38.8 Å². The van der Waals surface area contributed by atoms with Gasteiger partial charge in [0.15, 0.2) is 0 Å². The predicted molar refractivity (Wildman–Crippen MR) is 102 cm³/mol. The fraction of sp³-hybridized carbons (Fsp3) is 0.353. The van der Waals surface area contributed by atoms with Crippen molar-refractivity contribution in [1.29, 1.82) is 10.5 Å². The quantitative estimate of drug-likeness (QED) is 0.436. The molecule has 1 N–H and O–H groups in total. The molecule has 0 radical (unpaired) electrons. The molecule has 25 heavy (non-hydrogen) atoms. The molecule has 6 nitrogen and oxygen atoms in total. The van der Waals surface area contributed by atoms with Gasteiger partial charge in [0.05, 0.1) is 24.1 Å².